The van der Waals surface area contributed by atoms with Gasteiger partial charge < -0.3 is 14.7 Å². The van der Waals surface area contributed by atoms with E-state index in [0.717, 1.165) is 47.1 Å². The van der Waals surface area contributed by atoms with E-state index in [4.69, 9.17) is 9.73 Å². The Labute approximate surface area is 141 Å². The van der Waals surface area contributed by atoms with Crippen LogP contribution in [0.3, 0.4) is 0 Å². The molecule has 1 atom stereocenters. The fourth-order valence-corrected chi connectivity index (χ4v) is 3.31. The maximum Gasteiger partial charge on any atom is 0.155 e. The third-order valence-corrected chi connectivity index (χ3v) is 4.60. The van der Waals surface area contributed by atoms with Crippen molar-refractivity contribution >= 4 is 17.1 Å². The van der Waals surface area contributed by atoms with Crippen molar-refractivity contribution in [1.29, 1.82) is 0 Å². The van der Waals surface area contributed by atoms with E-state index < -0.39 is 6.10 Å². The van der Waals surface area contributed by atoms with Crippen LogP contribution in [0.1, 0.15) is 31.1 Å². The van der Waals surface area contributed by atoms with Gasteiger partial charge in [-0.05, 0) is 37.6 Å². The highest BCUT2D eigenvalue weighted by Crippen LogP contribution is 2.41. The monoisotopic (exact) mass is 320 g/mol. The lowest BCUT2D eigenvalue weighted by Gasteiger charge is -2.28. The Morgan fingerprint density at radius 3 is 2.71 bits per heavy atom. The van der Waals surface area contributed by atoms with Gasteiger partial charge in [-0.25, -0.2) is 4.99 Å². The van der Waals surface area contributed by atoms with Gasteiger partial charge in [0.15, 0.2) is 11.5 Å². The first kappa shape index (κ1) is 15.0. The molecule has 2 aliphatic rings. The maximum atomic E-state index is 10.3. The van der Waals surface area contributed by atoms with E-state index >= 15 is 0 Å². The molecule has 1 aliphatic heterocycles. The van der Waals surface area contributed by atoms with Gasteiger partial charge in [0.05, 0.1) is 0 Å². The lowest BCUT2D eigenvalue weighted by molar-refractivity contribution is 0.222. The fourth-order valence-electron chi connectivity index (χ4n) is 3.31. The van der Waals surface area contributed by atoms with Crippen LogP contribution in [0.15, 0.2) is 59.3 Å². The summed E-state index contributed by atoms with van der Waals surface area (Å²) in [4.78, 5) is 7.06. The Hall–Kier alpha value is -2.59. The van der Waals surface area contributed by atoms with Crippen LogP contribution in [0.2, 0.25) is 0 Å². The number of allylic oxidation sites excluding steroid dienone is 1. The molecule has 0 saturated carbocycles. The molecule has 4 rings (SSSR count). The van der Waals surface area contributed by atoms with Gasteiger partial charge in [0, 0.05) is 30.4 Å². The van der Waals surface area contributed by atoms with Gasteiger partial charge in [0.2, 0.25) is 0 Å². The summed E-state index contributed by atoms with van der Waals surface area (Å²) in [5, 5.41) is 10.3. The minimum Gasteiger partial charge on any atom is -0.453 e. The molecule has 1 unspecified atom stereocenters. The number of benzene rings is 2. The van der Waals surface area contributed by atoms with Gasteiger partial charge in [0.25, 0.3) is 0 Å². The zero-order chi connectivity index (χ0) is 16.7. The standard InChI is InChI=1S/C20H20N2O2/c1-3-22(4-2)13-9-10-16-18(11-13)24-19-12-17(23)14-7-5-6-8-15(14)20(19)21-16/h5-12,17,23H,3-4H2,1-2H3. The Balaban J connectivity index is 1.81. The lowest BCUT2D eigenvalue weighted by atomic mass is 9.91. The maximum absolute atomic E-state index is 10.3. The molecular weight excluding hydrogens is 300 g/mol. The number of anilines is 1. The number of aliphatic imine (C=N–C) groups is 1. The molecule has 0 spiro atoms. The highest BCUT2D eigenvalue weighted by molar-refractivity contribution is 6.15. The topological polar surface area (TPSA) is 45.1 Å². The van der Waals surface area contributed by atoms with Gasteiger partial charge in [-0.2, -0.15) is 0 Å². The van der Waals surface area contributed by atoms with Crippen LogP contribution in [-0.2, 0) is 0 Å². The van der Waals surface area contributed by atoms with Crippen molar-refractivity contribution in [1.82, 2.24) is 0 Å². The summed E-state index contributed by atoms with van der Waals surface area (Å²) in [6.45, 7) is 6.16. The average Bonchev–Trinajstić information content (AvgIpc) is 2.62. The Kier molecular flexibility index (Phi) is 3.62. The summed E-state index contributed by atoms with van der Waals surface area (Å²) in [6.07, 6.45) is 1.07. The number of fused-ring (bicyclic) bond motifs is 4. The second-order valence-electron chi connectivity index (χ2n) is 5.95. The quantitative estimate of drug-likeness (QED) is 0.930. The predicted octanol–water partition coefficient (Wildman–Crippen LogP) is 3.98. The van der Waals surface area contributed by atoms with Crippen molar-refractivity contribution in [2.45, 2.75) is 20.0 Å². The molecule has 4 nitrogen and oxygen atoms in total. The van der Waals surface area contributed by atoms with Crippen LogP contribution in [0.25, 0.3) is 0 Å². The number of nitrogens with zero attached hydrogens (tertiary/aromatic N) is 2. The molecule has 4 heteroatoms. The lowest BCUT2D eigenvalue weighted by Crippen LogP contribution is -2.23. The molecule has 0 amide bonds. The van der Waals surface area contributed by atoms with Crippen molar-refractivity contribution in [3.63, 3.8) is 0 Å². The Morgan fingerprint density at radius 1 is 1.12 bits per heavy atom. The normalized spacial score (nSPS) is 17.7. The first-order chi connectivity index (χ1) is 11.7. The number of hydrogen-bond acceptors (Lipinski definition) is 4. The third kappa shape index (κ3) is 2.31. The second-order valence-corrected chi connectivity index (χ2v) is 5.95. The van der Waals surface area contributed by atoms with Crippen molar-refractivity contribution in [2.24, 2.45) is 4.99 Å². The second kappa shape index (κ2) is 5.80. The molecule has 0 bridgehead atoms. The molecule has 122 valence electrons. The molecule has 1 aliphatic carbocycles. The van der Waals surface area contributed by atoms with Crippen LogP contribution in [0, 0.1) is 0 Å². The van der Waals surface area contributed by atoms with E-state index in [0.29, 0.717) is 5.76 Å². The van der Waals surface area contributed by atoms with Gasteiger partial charge >= 0.3 is 0 Å². The van der Waals surface area contributed by atoms with E-state index in [-0.39, 0.29) is 0 Å². The fraction of sp³-hybridized carbons (Fsp3) is 0.250. The van der Waals surface area contributed by atoms with E-state index in [2.05, 4.69) is 24.8 Å². The molecule has 0 radical (unpaired) electrons. The molecule has 1 heterocycles. The number of ether oxygens (including phenoxy) is 1. The van der Waals surface area contributed by atoms with Gasteiger partial charge in [-0.3, -0.25) is 0 Å². The van der Waals surface area contributed by atoms with E-state index in [1.807, 2.05) is 36.4 Å². The van der Waals surface area contributed by atoms with E-state index in [9.17, 15) is 5.11 Å². The number of aliphatic hydroxyl groups excluding tert-OH is 1. The van der Waals surface area contributed by atoms with Crippen molar-refractivity contribution in [3.8, 4) is 5.75 Å². The molecule has 0 aromatic heterocycles. The van der Waals surface area contributed by atoms with Gasteiger partial charge in [0.1, 0.15) is 17.5 Å². The molecule has 0 fully saturated rings. The SMILES string of the molecule is CCN(CC)c1ccc2c(c1)OC1=CC(O)c3ccccc3C1=N2. The minimum atomic E-state index is -0.664. The third-order valence-electron chi connectivity index (χ3n) is 4.60. The summed E-state index contributed by atoms with van der Waals surface area (Å²) in [7, 11) is 0. The molecule has 0 saturated heterocycles. The highest BCUT2D eigenvalue weighted by Gasteiger charge is 2.29. The largest absolute Gasteiger partial charge is 0.453 e. The van der Waals surface area contributed by atoms with Crippen molar-refractivity contribution < 1.29 is 9.84 Å². The first-order valence-corrected chi connectivity index (χ1v) is 8.36. The predicted molar refractivity (Wildman–Crippen MR) is 96.3 cm³/mol. The molecule has 24 heavy (non-hydrogen) atoms. The number of hydrogen-bond donors (Lipinski definition) is 1. The minimum absolute atomic E-state index is 0.630. The smallest absolute Gasteiger partial charge is 0.155 e. The molecule has 2 aromatic rings. The van der Waals surface area contributed by atoms with Crippen LogP contribution in [-0.4, -0.2) is 23.9 Å². The van der Waals surface area contributed by atoms with Crippen molar-refractivity contribution in [3.05, 3.63) is 65.4 Å². The summed E-state index contributed by atoms with van der Waals surface area (Å²) < 4.78 is 6.09. The highest BCUT2D eigenvalue weighted by atomic mass is 16.5. The zero-order valence-electron chi connectivity index (χ0n) is 13.9. The summed E-state index contributed by atoms with van der Waals surface area (Å²) in [5.41, 5.74) is 4.53. The summed E-state index contributed by atoms with van der Waals surface area (Å²) in [5.74, 6) is 1.37. The van der Waals surface area contributed by atoms with Crippen molar-refractivity contribution in [2.75, 3.05) is 18.0 Å². The average molecular weight is 320 g/mol. The number of rotatable bonds is 3. The Bertz CT molecular complexity index is 850. The van der Waals surface area contributed by atoms with Crippen LogP contribution in [0.5, 0.6) is 5.75 Å². The van der Waals surface area contributed by atoms with Crippen LogP contribution >= 0.6 is 0 Å². The molecule has 2 aromatic carbocycles. The summed E-state index contributed by atoms with van der Waals surface area (Å²) in [6, 6.07) is 13.9. The summed E-state index contributed by atoms with van der Waals surface area (Å²) >= 11 is 0. The van der Waals surface area contributed by atoms with Gasteiger partial charge in [-0.15, -0.1) is 0 Å². The van der Waals surface area contributed by atoms with Crippen LogP contribution < -0.4 is 9.64 Å². The van der Waals surface area contributed by atoms with E-state index in [1.165, 1.54) is 0 Å². The van der Waals surface area contributed by atoms with E-state index in [1.54, 1.807) is 6.08 Å². The first-order valence-electron chi connectivity index (χ1n) is 8.36. The number of aliphatic hydroxyl groups is 1. The van der Waals surface area contributed by atoms with Crippen LogP contribution in [0.4, 0.5) is 11.4 Å². The zero-order valence-corrected chi connectivity index (χ0v) is 13.9. The molecule has 1 N–H and O–H groups in total. The molecular formula is C20H20N2O2. The Morgan fingerprint density at radius 2 is 1.92 bits per heavy atom. The van der Waals surface area contributed by atoms with Gasteiger partial charge in [-0.1, -0.05) is 24.3 Å².